The second-order valence-corrected chi connectivity index (χ2v) is 4.06. The van der Waals surface area contributed by atoms with Gasteiger partial charge in [0.15, 0.2) is 0 Å². The van der Waals surface area contributed by atoms with Crippen molar-refractivity contribution in [1.29, 1.82) is 0 Å². The van der Waals surface area contributed by atoms with E-state index in [1.807, 2.05) is 17.9 Å². The summed E-state index contributed by atoms with van der Waals surface area (Å²) in [5.74, 6) is 0. The molecule has 0 saturated heterocycles. The van der Waals surface area contributed by atoms with Crippen molar-refractivity contribution >= 4 is 33.5 Å². The van der Waals surface area contributed by atoms with Gasteiger partial charge in [0.25, 0.3) is 0 Å². The molecule has 0 aliphatic carbocycles. The Morgan fingerprint density at radius 1 is 1.42 bits per heavy atom. The van der Waals surface area contributed by atoms with Crippen LogP contribution in [0, 0.1) is 10.5 Å². The van der Waals surface area contributed by atoms with Crippen LogP contribution in [0.15, 0.2) is 18.3 Å². The predicted octanol–water partition coefficient (Wildman–Crippen LogP) is 2.49. The van der Waals surface area contributed by atoms with Crippen molar-refractivity contribution in [2.75, 3.05) is 0 Å². The van der Waals surface area contributed by atoms with Crippen molar-refractivity contribution < 1.29 is 0 Å². The number of rotatable bonds is 0. The van der Waals surface area contributed by atoms with Gasteiger partial charge in [0.05, 0.1) is 11.7 Å². The molecule has 0 N–H and O–H groups in total. The third-order valence-corrected chi connectivity index (χ3v) is 2.99. The monoisotopic (exact) mass is 272 g/mol. The summed E-state index contributed by atoms with van der Waals surface area (Å²) in [7, 11) is 1.98. The number of fused-ring (bicyclic) bond motifs is 1. The maximum absolute atomic E-state index is 4.23. The smallest absolute Gasteiger partial charge is 0.0718 e. The first kappa shape index (κ1) is 8.04. The van der Waals surface area contributed by atoms with E-state index in [0.29, 0.717) is 0 Å². The average Bonchev–Trinajstić information content (AvgIpc) is 2.42. The van der Waals surface area contributed by atoms with Crippen molar-refractivity contribution in [3.05, 3.63) is 27.5 Å². The van der Waals surface area contributed by atoms with Gasteiger partial charge in [-0.25, -0.2) is 0 Å². The number of nitrogens with zero attached hydrogens (tertiary/aromatic N) is 2. The summed E-state index contributed by atoms with van der Waals surface area (Å²) in [5.41, 5.74) is 2.52. The summed E-state index contributed by atoms with van der Waals surface area (Å²) in [4.78, 5) is 0. The van der Waals surface area contributed by atoms with Crippen LogP contribution in [0.5, 0.6) is 0 Å². The maximum Gasteiger partial charge on any atom is 0.0718 e. The van der Waals surface area contributed by atoms with Crippen LogP contribution in [0.1, 0.15) is 5.56 Å². The highest BCUT2D eigenvalue weighted by Crippen LogP contribution is 2.22. The number of hydrogen-bond acceptors (Lipinski definition) is 1. The second kappa shape index (κ2) is 2.73. The number of hydrogen-bond donors (Lipinski definition) is 0. The number of aromatic nitrogens is 2. The van der Waals surface area contributed by atoms with E-state index in [1.54, 1.807) is 0 Å². The summed E-state index contributed by atoms with van der Waals surface area (Å²) < 4.78 is 3.19. The molecule has 1 heterocycles. The number of aryl methyl sites for hydroxylation is 2. The van der Waals surface area contributed by atoms with Gasteiger partial charge in [-0.05, 0) is 41.1 Å². The molecule has 2 aromatic rings. The van der Waals surface area contributed by atoms with Crippen LogP contribution in [0.3, 0.4) is 0 Å². The predicted molar refractivity (Wildman–Crippen MR) is 58.2 cm³/mol. The van der Waals surface area contributed by atoms with Gasteiger partial charge in [-0.2, -0.15) is 5.10 Å². The Labute approximate surface area is 84.7 Å². The fraction of sp³-hybridized carbons (Fsp3) is 0.222. The van der Waals surface area contributed by atoms with Crippen molar-refractivity contribution in [3.63, 3.8) is 0 Å². The molecule has 0 spiro atoms. The Hall–Kier alpha value is -0.580. The van der Waals surface area contributed by atoms with Crippen molar-refractivity contribution in [3.8, 4) is 0 Å². The molecule has 0 aliphatic heterocycles. The fourth-order valence-electron chi connectivity index (χ4n) is 1.45. The van der Waals surface area contributed by atoms with E-state index in [4.69, 9.17) is 0 Å². The topological polar surface area (TPSA) is 17.8 Å². The van der Waals surface area contributed by atoms with Gasteiger partial charge in [-0.3, -0.25) is 4.68 Å². The van der Waals surface area contributed by atoms with Gasteiger partial charge in [-0.1, -0.05) is 6.07 Å². The zero-order valence-electron chi connectivity index (χ0n) is 7.00. The van der Waals surface area contributed by atoms with E-state index in [1.165, 1.54) is 20.0 Å². The molecule has 12 heavy (non-hydrogen) atoms. The van der Waals surface area contributed by atoms with Gasteiger partial charge in [0, 0.05) is 16.0 Å². The normalized spacial score (nSPS) is 10.9. The quantitative estimate of drug-likeness (QED) is 0.674. The van der Waals surface area contributed by atoms with Crippen molar-refractivity contribution in [2.45, 2.75) is 6.92 Å². The SMILES string of the molecule is Cc1ccc(I)c2cnn(C)c12. The van der Waals surface area contributed by atoms with Crippen LogP contribution >= 0.6 is 22.6 Å². The summed E-state index contributed by atoms with van der Waals surface area (Å²) in [6.45, 7) is 2.11. The molecule has 0 saturated carbocycles. The molecule has 0 amide bonds. The van der Waals surface area contributed by atoms with Crippen molar-refractivity contribution in [2.24, 2.45) is 7.05 Å². The van der Waals surface area contributed by atoms with Gasteiger partial charge < -0.3 is 0 Å². The molecule has 2 nitrogen and oxygen atoms in total. The summed E-state index contributed by atoms with van der Waals surface area (Å²) in [6.07, 6.45) is 1.92. The molecule has 0 radical (unpaired) electrons. The maximum atomic E-state index is 4.23. The van der Waals surface area contributed by atoms with E-state index < -0.39 is 0 Å². The van der Waals surface area contributed by atoms with Gasteiger partial charge in [0.2, 0.25) is 0 Å². The Morgan fingerprint density at radius 2 is 2.17 bits per heavy atom. The van der Waals surface area contributed by atoms with E-state index in [9.17, 15) is 0 Å². The van der Waals surface area contributed by atoms with Crippen LogP contribution in [-0.4, -0.2) is 9.78 Å². The van der Waals surface area contributed by atoms with Crippen LogP contribution < -0.4 is 0 Å². The molecule has 3 heteroatoms. The molecule has 0 bridgehead atoms. The molecule has 0 aliphatic rings. The van der Waals surface area contributed by atoms with Crippen LogP contribution in [0.4, 0.5) is 0 Å². The lowest BCUT2D eigenvalue weighted by atomic mass is 10.2. The van der Waals surface area contributed by atoms with E-state index in [0.717, 1.165) is 0 Å². The first-order valence-electron chi connectivity index (χ1n) is 3.77. The molecule has 0 unspecified atom stereocenters. The molecule has 0 fully saturated rings. The third-order valence-electron chi connectivity index (χ3n) is 2.05. The highest BCUT2D eigenvalue weighted by atomic mass is 127. The Kier molecular flexibility index (Phi) is 1.83. The summed E-state index contributed by atoms with van der Waals surface area (Å²) in [5, 5.41) is 5.48. The second-order valence-electron chi connectivity index (χ2n) is 2.89. The molecular weight excluding hydrogens is 263 g/mol. The molecule has 2 rings (SSSR count). The Bertz CT molecular complexity index is 431. The van der Waals surface area contributed by atoms with Gasteiger partial charge in [0.1, 0.15) is 0 Å². The lowest BCUT2D eigenvalue weighted by Gasteiger charge is -1.99. The third kappa shape index (κ3) is 1.03. The number of halogens is 1. The van der Waals surface area contributed by atoms with Crippen molar-refractivity contribution in [1.82, 2.24) is 9.78 Å². The molecule has 1 aromatic carbocycles. The minimum absolute atomic E-state index is 1.24. The largest absolute Gasteiger partial charge is 0.268 e. The Morgan fingerprint density at radius 3 is 2.83 bits per heavy atom. The fourth-order valence-corrected chi connectivity index (χ4v) is 2.02. The first-order valence-corrected chi connectivity index (χ1v) is 4.85. The minimum Gasteiger partial charge on any atom is -0.268 e. The zero-order valence-corrected chi connectivity index (χ0v) is 9.16. The van der Waals surface area contributed by atoms with Crippen LogP contribution in [-0.2, 0) is 7.05 Å². The molecular formula is C9H9IN2. The van der Waals surface area contributed by atoms with Gasteiger partial charge in [-0.15, -0.1) is 0 Å². The summed E-state index contributed by atoms with van der Waals surface area (Å²) in [6, 6.07) is 4.26. The van der Waals surface area contributed by atoms with Gasteiger partial charge >= 0.3 is 0 Å². The lowest BCUT2D eigenvalue weighted by molar-refractivity contribution is 0.794. The molecule has 62 valence electrons. The van der Waals surface area contributed by atoms with E-state index >= 15 is 0 Å². The zero-order chi connectivity index (χ0) is 8.72. The highest BCUT2D eigenvalue weighted by molar-refractivity contribution is 14.1. The average molecular weight is 272 g/mol. The Balaban J connectivity index is 2.98. The summed E-state index contributed by atoms with van der Waals surface area (Å²) >= 11 is 2.33. The minimum atomic E-state index is 1.24. The number of benzene rings is 1. The highest BCUT2D eigenvalue weighted by Gasteiger charge is 2.04. The lowest BCUT2D eigenvalue weighted by Crippen LogP contribution is -1.91. The van der Waals surface area contributed by atoms with Crippen LogP contribution in [0.25, 0.3) is 10.9 Å². The standard InChI is InChI=1S/C9H9IN2/c1-6-3-4-8(10)7-5-11-12(2)9(6)7/h3-5H,1-2H3. The molecule has 1 aromatic heterocycles. The van der Waals surface area contributed by atoms with E-state index in [2.05, 4.69) is 46.7 Å². The van der Waals surface area contributed by atoms with E-state index in [-0.39, 0.29) is 0 Å². The molecule has 0 atom stereocenters. The first-order chi connectivity index (χ1) is 5.70. The van der Waals surface area contributed by atoms with Crippen LogP contribution in [0.2, 0.25) is 0 Å².